The highest BCUT2D eigenvalue weighted by atomic mass is 15.4. The molecule has 0 aromatic heterocycles. The lowest BCUT2D eigenvalue weighted by Gasteiger charge is -2.34. The third kappa shape index (κ3) is 3.04. The summed E-state index contributed by atoms with van der Waals surface area (Å²) in [5.74, 6) is 0. The average molecular weight is 400 g/mol. The van der Waals surface area contributed by atoms with Crippen LogP contribution in [0.1, 0.15) is 22.9 Å². The van der Waals surface area contributed by atoms with Gasteiger partial charge in [0.2, 0.25) is 18.0 Å². The first-order chi connectivity index (χ1) is 15.4. The Hall–Kier alpha value is -3.75. The molecule has 0 spiro atoms. The molecule has 31 heavy (non-hydrogen) atoms. The molecule has 0 saturated carbocycles. The summed E-state index contributed by atoms with van der Waals surface area (Å²) in [5.41, 5.74) is 8.96. The molecular formula is C29H23N2+. The maximum atomic E-state index is 3.85. The maximum Gasteiger partial charge on any atom is 0.241 e. The molecule has 4 aromatic rings. The fourth-order valence-electron chi connectivity index (χ4n) is 4.76. The van der Waals surface area contributed by atoms with Gasteiger partial charge in [0.25, 0.3) is 0 Å². The van der Waals surface area contributed by atoms with Gasteiger partial charge in [-0.1, -0.05) is 103 Å². The molecule has 2 atom stereocenters. The van der Waals surface area contributed by atoms with E-state index >= 15 is 0 Å². The third-order valence-electron chi connectivity index (χ3n) is 6.25. The van der Waals surface area contributed by atoms with Crippen LogP contribution in [0, 0.1) is 0 Å². The van der Waals surface area contributed by atoms with E-state index in [-0.39, 0.29) is 12.3 Å². The Morgan fingerprint density at radius 1 is 0.516 bits per heavy atom. The number of nitrogens with zero attached hydrogens (tertiary/aromatic N) is 1. The smallest absolute Gasteiger partial charge is 0.191 e. The van der Waals surface area contributed by atoms with Crippen molar-refractivity contribution >= 4 is 11.3 Å². The number of rotatable bonds is 4. The van der Waals surface area contributed by atoms with Crippen LogP contribution in [0.25, 0.3) is 16.7 Å². The van der Waals surface area contributed by atoms with E-state index in [2.05, 4.69) is 131 Å². The second-order valence-electron chi connectivity index (χ2n) is 8.05. The topological polar surface area (TPSA) is 15.0 Å². The third-order valence-corrected chi connectivity index (χ3v) is 6.25. The summed E-state index contributed by atoms with van der Waals surface area (Å²) in [6.45, 7) is 0. The van der Waals surface area contributed by atoms with E-state index in [1.165, 1.54) is 39.1 Å². The second-order valence-corrected chi connectivity index (χ2v) is 8.05. The fraction of sp³-hybridized carbons (Fsp3) is 0.0690. The molecule has 1 saturated heterocycles. The highest BCUT2D eigenvalue weighted by Gasteiger charge is 2.52. The predicted octanol–water partition coefficient (Wildman–Crippen LogP) is 5.88. The molecule has 2 aliphatic heterocycles. The Kier molecular flexibility index (Phi) is 4.37. The van der Waals surface area contributed by atoms with Gasteiger partial charge in [0.05, 0.1) is 0 Å². The molecular weight excluding hydrogens is 376 g/mol. The van der Waals surface area contributed by atoms with Crippen molar-refractivity contribution in [3.8, 4) is 11.1 Å². The highest BCUT2D eigenvalue weighted by molar-refractivity contribution is 6.11. The zero-order valence-electron chi connectivity index (χ0n) is 17.1. The normalized spacial score (nSPS) is 19.5. The van der Waals surface area contributed by atoms with Crippen LogP contribution < -0.4 is 5.32 Å². The van der Waals surface area contributed by atoms with Crippen LogP contribution in [0.5, 0.6) is 0 Å². The minimum Gasteiger partial charge on any atom is -0.191 e. The first-order valence-electron chi connectivity index (χ1n) is 10.8. The van der Waals surface area contributed by atoms with E-state index < -0.39 is 0 Å². The van der Waals surface area contributed by atoms with Gasteiger partial charge in [-0.25, -0.2) is 0 Å². The van der Waals surface area contributed by atoms with Crippen LogP contribution in [0.2, 0.25) is 0 Å². The molecule has 0 radical (unpaired) electrons. The predicted molar refractivity (Wildman–Crippen MR) is 127 cm³/mol. The van der Waals surface area contributed by atoms with Gasteiger partial charge in [-0.2, -0.15) is 9.89 Å². The van der Waals surface area contributed by atoms with Gasteiger partial charge in [0.15, 0.2) is 0 Å². The van der Waals surface area contributed by atoms with E-state index in [0.29, 0.717) is 0 Å². The van der Waals surface area contributed by atoms with Crippen molar-refractivity contribution in [1.29, 1.82) is 0 Å². The molecule has 2 unspecified atom stereocenters. The molecule has 1 fully saturated rings. The Balaban J connectivity index is 1.47. The number of benzene rings is 4. The Morgan fingerprint density at radius 3 is 1.74 bits per heavy atom. The van der Waals surface area contributed by atoms with Crippen LogP contribution in [-0.4, -0.2) is 16.5 Å². The van der Waals surface area contributed by atoms with Crippen molar-refractivity contribution in [2.45, 2.75) is 12.3 Å². The minimum atomic E-state index is 0.133. The van der Waals surface area contributed by atoms with Crippen molar-refractivity contribution in [2.24, 2.45) is 0 Å². The molecule has 0 amide bonds. The Morgan fingerprint density at radius 2 is 1.06 bits per heavy atom. The van der Waals surface area contributed by atoms with Crippen LogP contribution in [0.4, 0.5) is 0 Å². The summed E-state index contributed by atoms with van der Waals surface area (Å²) in [4.78, 5) is 0. The van der Waals surface area contributed by atoms with Crippen LogP contribution >= 0.6 is 0 Å². The summed E-state index contributed by atoms with van der Waals surface area (Å²) in [7, 11) is 0. The summed E-state index contributed by atoms with van der Waals surface area (Å²) >= 11 is 0. The molecule has 2 heteroatoms. The molecule has 2 heterocycles. The molecule has 1 N–H and O–H groups in total. The van der Waals surface area contributed by atoms with Gasteiger partial charge in [-0.15, -0.1) is 0 Å². The molecule has 2 aliphatic rings. The SMILES string of the molecule is C1=C(c2ccccc2)C2NC(c3ccccc3-c3ccccc3)[N+]2=C1c1ccccc1. The number of hydrogen-bond acceptors (Lipinski definition) is 1. The van der Waals surface area contributed by atoms with Crippen LogP contribution in [0.15, 0.2) is 121 Å². The number of allylic oxidation sites excluding steroid dienone is 1. The van der Waals surface area contributed by atoms with E-state index in [1.54, 1.807) is 0 Å². The minimum absolute atomic E-state index is 0.133. The van der Waals surface area contributed by atoms with Gasteiger partial charge in [0, 0.05) is 22.8 Å². The van der Waals surface area contributed by atoms with Crippen molar-refractivity contribution in [3.63, 3.8) is 0 Å². The van der Waals surface area contributed by atoms with Gasteiger partial charge in [-0.05, 0) is 28.8 Å². The van der Waals surface area contributed by atoms with Gasteiger partial charge >= 0.3 is 0 Å². The number of hydrogen-bond donors (Lipinski definition) is 1. The second kappa shape index (κ2) is 7.50. The Labute approximate surface area is 182 Å². The standard InChI is InChI=1S/C29H23N2/c1-4-12-21(13-5-1)24-18-10-11-19-25(24)28-30-29-26(22-14-6-2-7-15-22)20-27(31(28)29)23-16-8-3-9-17-23/h1-20,28-30H/q+1. The largest absolute Gasteiger partial charge is 0.241 e. The first-order valence-corrected chi connectivity index (χ1v) is 10.8. The summed E-state index contributed by atoms with van der Waals surface area (Å²) in [6, 6.07) is 40.8. The zero-order valence-corrected chi connectivity index (χ0v) is 17.1. The summed E-state index contributed by atoms with van der Waals surface area (Å²) in [6.07, 6.45) is 2.67. The lowest BCUT2D eigenvalue weighted by molar-refractivity contribution is -0.671. The summed E-state index contributed by atoms with van der Waals surface area (Å²) in [5, 5.41) is 3.85. The quantitative estimate of drug-likeness (QED) is 0.424. The molecule has 0 aliphatic carbocycles. The first kappa shape index (κ1) is 18.1. The van der Waals surface area contributed by atoms with E-state index in [1.807, 2.05) is 0 Å². The van der Waals surface area contributed by atoms with Crippen molar-refractivity contribution in [2.75, 3.05) is 0 Å². The van der Waals surface area contributed by atoms with Gasteiger partial charge in [0.1, 0.15) is 0 Å². The van der Waals surface area contributed by atoms with Crippen molar-refractivity contribution in [3.05, 3.63) is 138 Å². The number of fused-ring (bicyclic) bond motifs is 1. The van der Waals surface area contributed by atoms with E-state index in [0.717, 1.165) is 0 Å². The molecule has 148 valence electrons. The monoisotopic (exact) mass is 399 g/mol. The molecule has 0 bridgehead atoms. The van der Waals surface area contributed by atoms with Crippen molar-refractivity contribution < 1.29 is 4.58 Å². The van der Waals surface area contributed by atoms with E-state index in [9.17, 15) is 0 Å². The fourth-order valence-corrected chi connectivity index (χ4v) is 4.76. The molecule has 2 nitrogen and oxygen atoms in total. The van der Waals surface area contributed by atoms with Crippen LogP contribution in [-0.2, 0) is 0 Å². The lowest BCUT2D eigenvalue weighted by atomic mass is 9.94. The lowest BCUT2D eigenvalue weighted by Crippen LogP contribution is -2.58. The van der Waals surface area contributed by atoms with E-state index in [4.69, 9.17) is 0 Å². The molecule has 4 aromatic carbocycles. The maximum absolute atomic E-state index is 3.85. The summed E-state index contributed by atoms with van der Waals surface area (Å²) < 4.78 is 2.53. The van der Waals surface area contributed by atoms with Gasteiger partial charge in [-0.3, -0.25) is 0 Å². The van der Waals surface area contributed by atoms with Crippen LogP contribution in [0.3, 0.4) is 0 Å². The Bertz CT molecular complexity index is 1290. The average Bonchev–Trinajstić information content (AvgIpc) is 3.13. The zero-order chi connectivity index (χ0) is 20.6. The van der Waals surface area contributed by atoms with Gasteiger partial charge < -0.3 is 0 Å². The highest BCUT2D eigenvalue weighted by Crippen LogP contribution is 2.40. The number of nitrogens with one attached hydrogen (secondary N) is 1. The van der Waals surface area contributed by atoms with Crippen molar-refractivity contribution in [1.82, 2.24) is 5.32 Å². The molecule has 6 rings (SSSR count).